The first-order chi connectivity index (χ1) is 9.08. The van der Waals surface area contributed by atoms with Crippen LogP contribution in [0.2, 0.25) is 0 Å². The number of carbonyl (C=O) groups excluding carboxylic acids is 1. The van der Waals surface area contributed by atoms with Crippen molar-refractivity contribution in [3.8, 4) is 0 Å². The third kappa shape index (κ3) is 3.44. The number of nitrogens with two attached hydrogens (primary N) is 1. The molecular formula is C14H22N4O. The maximum absolute atomic E-state index is 12.3. The number of piperidine rings is 1. The van der Waals surface area contributed by atoms with Gasteiger partial charge in [0, 0.05) is 31.7 Å². The topological polar surface area (TPSA) is 62.5 Å². The molecule has 1 aliphatic heterocycles. The second-order valence-corrected chi connectivity index (χ2v) is 5.40. The van der Waals surface area contributed by atoms with E-state index in [1.165, 1.54) is 0 Å². The fourth-order valence-corrected chi connectivity index (χ4v) is 2.50. The molecule has 1 aromatic rings. The van der Waals surface area contributed by atoms with Gasteiger partial charge in [0.25, 0.3) is 5.91 Å². The van der Waals surface area contributed by atoms with Gasteiger partial charge in [-0.3, -0.25) is 9.78 Å². The zero-order valence-corrected chi connectivity index (χ0v) is 11.7. The smallest absolute Gasteiger partial charge is 0.257 e. The lowest BCUT2D eigenvalue weighted by molar-refractivity contribution is 0.0748. The van der Waals surface area contributed by atoms with E-state index in [0.29, 0.717) is 17.2 Å². The van der Waals surface area contributed by atoms with Crippen LogP contribution < -0.4 is 5.73 Å². The predicted octanol–water partition coefficient (Wildman–Crippen LogP) is 1.08. The largest absolute Gasteiger partial charge is 0.398 e. The molecule has 0 aliphatic carbocycles. The van der Waals surface area contributed by atoms with Crippen LogP contribution in [0.4, 0.5) is 5.69 Å². The maximum Gasteiger partial charge on any atom is 0.257 e. The molecular weight excluding hydrogens is 240 g/mol. The van der Waals surface area contributed by atoms with E-state index in [2.05, 4.69) is 16.9 Å². The molecule has 0 radical (unpaired) electrons. The van der Waals surface area contributed by atoms with E-state index >= 15 is 0 Å². The molecule has 0 aromatic carbocycles. The Morgan fingerprint density at radius 3 is 2.84 bits per heavy atom. The van der Waals surface area contributed by atoms with Gasteiger partial charge >= 0.3 is 0 Å². The fraction of sp³-hybridized carbons (Fsp3) is 0.571. The lowest BCUT2D eigenvalue weighted by Crippen LogP contribution is -2.38. The van der Waals surface area contributed by atoms with E-state index in [0.717, 1.165) is 32.5 Å². The summed E-state index contributed by atoms with van der Waals surface area (Å²) in [6.45, 7) is 3.02. The second kappa shape index (κ2) is 6.02. The molecule has 19 heavy (non-hydrogen) atoms. The monoisotopic (exact) mass is 262 g/mol. The summed E-state index contributed by atoms with van der Waals surface area (Å²) >= 11 is 0. The number of rotatable bonds is 3. The van der Waals surface area contributed by atoms with Crippen LogP contribution in [0.25, 0.3) is 0 Å². The Kier molecular flexibility index (Phi) is 4.37. The van der Waals surface area contributed by atoms with E-state index in [9.17, 15) is 4.79 Å². The average molecular weight is 262 g/mol. The molecule has 5 nitrogen and oxygen atoms in total. The zero-order valence-electron chi connectivity index (χ0n) is 11.7. The summed E-state index contributed by atoms with van der Waals surface area (Å²) < 4.78 is 0. The van der Waals surface area contributed by atoms with Gasteiger partial charge in [-0.2, -0.15) is 0 Å². The Hall–Kier alpha value is -1.62. The summed E-state index contributed by atoms with van der Waals surface area (Å²) in [5.41, 5.74) is 6.81. The molecule has 1 fully saturated rings. The van der Waals surface area contributed by atoms with Crippen molar-refractivity contribution in [3.05, 3.63) is 24.0 Å². The van der Waals surface area contributed by atoms with Gasteiger partial charge in [-0.05, 0) is 45.0 Å². The van der Waals surface area contributed by atoms with Crippen molar-refractivity contribution in [3.63, 3.8) is 0 Å². The molecule has 2 heterocycles. The highest BCUT2D eigenvalue weighted by atomic mass is 16.2. The number of carbonyl (C=O) groups is 1. The van der Waals surface area contributed by atoms with E-state index < -0.39 is 0 Å². The minimum Gasteiger partial charge on any atom is -0.398 e. The van der Waals surface area contributed by atoms with E-state index in [1.54, 1.807) is 23.4 Å². The number of anilines is 1. The van der Waals surface area contributed by atoms with Gasteiger partial charge in [0.15, 0.2) is 0 Å². The van der Waals surface area contributed by atoms with Crippen molar-refractivity contribution in [1.29, 1.82) is 0 Å². The van der Waals surface area contributed by atoms with Gasteiger partial charge < -0.3 is 15.5 Å². The molecule has 0 spiro atoms. The highest BCUT2D eigenvalue weighted by Gasteiger charge is 2.21. The van der Waals surface area contributed by atoms with Crippen LogP contribution in [-0.4, -0.2) is 54.4 Å². The Morgan fingerprint density at radius 2 is 2.21 bits per heavy atom. The van der Waals surface area contributed by atoms with Crippen LogP contribution in [0.1, 0.15) is 23.2 Å². The number of pyridine rings is 1. The van der Waals surface area contributed by atoms with Crippen LogP contribution in [0.5, 0.6) is 0 Å². The molecule has 0 unspecified atom stereocenters. The lowest BCUT2D eigenvalue weighted by Gasteiger charge is -2.31. The minimum absolute atomic E-state index is 0.0375. The molecule has 1 saturated heterocycles. The van der Waals surface area contributed by atoms with E-state index in [-0.39, 0.29) is 5.91 Å². The third-order valence-electron chi connectivity index (χ3n) is 3.80. The molecule has 0 saturated carbocycles. The fourth-order valence-electron chi connectivity index (χ4n) is 2.50. The number of nitrogens with zero attached hydrogens (tertiary/aromatic N) is 3. The van der Waals surface area contributed by atoms with Gasteiger partial charge in [0.2, 0.25) is 0 Å². The van der Waals surface area contributed by atoms with Gasteiger partial charge in [-0.1, -0.05) is 0 Å². The zero-order chi connectivity index (χ0) is 13.8. The van der Waals surface area contributed by atoms with Crippen LogP contribution in [0.3, 0.4) is 0 Å². The van der Waals surface area contributed by atoms with Crippen LogP contribution >= 0.6 is 0 Å². The number of aromatic nitrogens is 1. The van der Waals surface area contributed by atoms with Crippen molar-refractivity contribution in [2.45, 2.75) is 12.8 Å². The van der Waals surface area contributed by atoms with Crippen LogP contribution in [-0.2, 0) is 0 Å². The van der Waals surface area contributed by atoms with Gasteiger partial charge in [0.05, 0.1) is 5.56 Å². The molecule has 5 heteroatoms. The molecule has 0 bridgehead atoms. The van der Waals surface area contributed by atoms with E-state index in [1.807, 2.05) is 7.05 Å². The van der Waals surface area contributed by atoms with Gasteiger partial charge in [-0.15, -0.1) is 0 Å². The van der Waals surface area contributed by atoms with E-state index in [4.69, 9.17) is 5.73 Å². The molecule has 104 valence electrons. The highest BCUT2D eigenvalue weighted by molar-refractivity contribution is 5.98. The highest BCUT2D eigenvalue weighted by Crippen LogP contribution is 2.18. The summed E-state index contributed by atoms with van der Waals surface area (Å²) in [6.07, 6.45) is 5.44. The summed E-state index contributed by atoms with van der Waals surface area (Å²) in [5, 5.41) is 0. The van der Waals surface area contributed by atoms with Gasteiger partial charge in [0.1, 0.15) is 0 Å². The van der Waals surface area contributed by atoms with Crippen molar-refractivity contribution in [2.75, 3.05) is 39.5 Å². The number of likely N-dealkylation sites (tertiary alicyclic amines) is 1. The Morgan fingerprint density at radius 1 is 1.53 bits per heavy atom. The number of nitrogen functional groups attached to an aromatic ring is 1. The number of hydrogen-bond donors (Lipinski definition) is 1. The van der Waals surface area contributed by atoms with Gasteiger partial charge in [-0.25, -0.2) is 0 Å². The number of hydrogen-bond acceptors (Lipinski definition) is 4. The first-order valence-electron chi connectivity index (χ1n) is 6.71. The molecule has 0 atom stereocenters. The Labute approximate surface area is 114 Å². The summed E-state index contributed by atoms with van der Waals surface area (Å²) in [7, 11) is 3.98. The first kappa shape index (κ1) is 13.8. The predicted molar refractivity (Wildman–Crippen MR) is 75.8 cm³/mol. The Balaban J connectivity index is 1.94. The van der Waals surface area contributed by atoms with Crippen LogP contribution in [0.15, 0.2) is 18.5 Å². The average Bonchev–Trinajstić information content (AvgIpc) is 2.41. The summed E-state index contributed by atoms with van der Waals surface area (Å²) in [5.74, 6) is 0.549. The van der Waals surface area contributed by atoms with Crippen molar-refractivity contribution < 1.29 is 4.79 Å². The lowest BCUT2D eigenvalue weighted by atomic mass is 9.96. The molecule has 1 aliphatic rings. The molecule has 2 rings (SSSR count). The van der Waals surface area contributed by atoms with Crippen LogP contribution in [0, 0.1) is 5.92 Å². The summed E-state index contributed by atoms with van der Waals surface area (Å²) in [4.78, 5) is 20.4. The summed E-state index contributed by atoms with van der Waals surface area (Å²) in [6, 6.07) is 1.66. The normalized spacial score (nSPS) is 17.4. The molecule has 1 aromatic heterocycles. The number of amides is 1. The molecule has 2 N–H and O–H groups in total. The minimum atomic E-state index is -0.0375. The van der Waals surface area contributed by atoms with Crippen molar-refractivity contribution >= 4 is 11.6 Å². The third-order valence-corrected chi connectivity index (χ3v) is 3.80. The molecule has 1 amide bonds. The SMILES string of the molecule is CN1CCC(CN(C)C(=O)c2cnccc2N)CC1. The quantitative estimate of drug-likeness (QED) is 0.885. The Bertz CT molecular complexity index is 441. The first-order valence-corrected chi connectivity index (χ1v) is 6.71. The standard InChI is InChI=1S/C14H22N4O/c1-17-7-4-11(5-8-17)10-18(2)14(19)12-9-16-6-3-13(12)15/h3,6,9,11H,4-5,7-8,10H2,1-2H3,(H2,15,16). The maximum atomic E-state index is 12.3. The second-order valence-electron chi connectivity index (χ2n) is 5.40. The van der Waals surface area contributed by atoms with Crippen molar-refractivity contribution in [2.24, 2.45) is 5.92 Å². The van der Waals surface area contributed by atoms with Crippen molar-refractivity contribution in [1.82, 2.24) is 14.8 Å².